The highest BCUT2D eigenvalue weighted by Gasteiger charge is 2.15. The monoisotopic (exact) mass is 399 g/mol. The molecule has 8 nitrogen and oxygen atoms in total. The van der Waals surface area contributed by atoms with Gasteiger partial charge in [0, 0.05) is 12.1 Å². The van der Waals surface area contributed by atoms with Crippen molar-refractivity contribution in [1.82, 2.24) is 0 Å². The molecule has 0 aromatic heterocycles. The quantitative estimate of drug-likeness (QED) is 0.536. The third-order valence-corrected chi connectivity index (χ3v) is 3.88. The second kappa shape index (κ2) is 10.6. The highest BCUT2D eigenvalue weighted by molar-refractivity contribution is 5.99. The molecule has 2 aromatic rings. The highest BCUT2D eigenvalue weighted by Crippen LogP contribution is 2.17. The highest BCUT2D eigenvalue weighted by atomic mass is 16.5. The van der Waals surface area contributed by atoms with E-state index in [-0.39, 0.29) is 23.2 Å². The number of nitrogens with one attached hydrogen (secondary N) is 1. The summed E-state index contributed by atoms with van der Waals surface area (Å²) in [5, 5.41) is 2.48. The van der Waals surface area contributed by atoms with E-state index >= 15 is 0 Å². The standard InChI is InChI=1S/C21H21NO7/c1-27-20(25)15-10-16(21(26)28-2)12-17(11-15)22-18(23)13-29-19(24)9-8-14-6-4-3-5-7-14/h3-7,10-12H,8-9,13H2,1-2H3,(H,22,23). The van der Waals surface area contributed by atoms with Gasteiger partial charge in [-0.2, -0.15) is 0 Å². The van der Waals surface area contributed by atoms with E-state index in [4.69, 9.17) is 4.74 Å². The summed E-state index contributed by atoms with van der Waals surface area (Å²) in [6.07, 6.45) is 0.645. The molecular formula is C21H21NO7. The number of rotatable bonds is 8. The average molecular weight is 399 g/mol. The number of methoxy groups -OCH3 is 2. The van der Waals surface area contributed by atoms with Gasteiger partial charge >= 0.3 is 17.9 Å². The lowest BCUT2D eigenvalue weighted by Crippen LogP contribution is -2.21. The summed E-state index contributed by atoms with van der Waals surface area (Å²) in [5.74, 6) is -2.49. The van der Waals surface area contributed by atoms with Gasteiger partial charge in [-0.25, -0.2) is 9.59 Å². The Kier molecular flexibility index (Phi) is 7.90. The maximum Gasteiger partial charge on any atom is 0.337 e. The maximum absolute atomic E-state index is 12.1. The second-order valence-electron chi connectivity index (χ2n) is 5.98. The van der Waals surface area contributed by atoms with Crippen molar-refractivity contribution in [2.75, 3.05) is 26.1 Å². The number of hydrogen-bond donors (Lipinski definition) is 1. The number of amides is 1. The molecule has 0 spiro atoms. The van der Waals surface area contributed by atoms with Crippen molar-refractivity contribution in [2.45, 2.75) is 12.8 Å². The van der Waals surface area contributed by atoms with Crippen molar-refractivity contribution in [3.8, 4) is 0 Å². The average Bonchev–Trinajstić information content (AvgIpc) is 2.75. The zero-order valence-corrected chi connectivity index (χ0v) is 16.1. The summed E-state index contributed by atoms with van der Waals surface area (Å²) in [5.41, 5.74) is 1.28. The smallest absolute Gasteiger partial charge is 0.337 e. The van der Waals surface area contributed by atoms with E-state index in [2.05, 4.69) is 14.8 Å². The van der Waals surface area contributed by atoms with Crippen LogP contribution in [0.5, 0.6) is 0 Å². The van der Waals surface area contributed by atoms with Gasteiger partial charge in [0.2, 0.25) is 0 Å². The van der Waals surface area contributed by atoms with Crippen molar-refractivity contribution in [3.63, 3.8) is 0 Å². The summed E-state index contributed by atoms with van der Waals surface area (Å²) < 4.78 is 14.2. The summed E-state index contributed by atoms with van der Waals surface area (Å²) in [6, 6.07) is 13.4. The zero-order chi connectivity index (χ0) is 21.2. The van der Waals surface area contributed by atoms with Crippen LogP contribution in [0.4, 0.5) is 5.69 Å². The van der Waals surface area contributed by atoms with Gasteiger partial charge in [0.25, 0.3) is 5.91 Å². The molecule has 2 rings (SSSR count). The van der Waals surface area contributed by atoms with Crippen molar-refractivity contribution in [2.24, 2.45) is 0 Å². The number of carbonyl (C=O) groups excluding carboxylic acids is 4. The first-order valence-corrected chi connectivity index (χ1v) is 8.74. The Morgan fingerprint density at radius 3 is 2.00 bits per heavy atom. The minimum absolute atomic E-state index is 0.0607. The van der Waals surface area contributed by atoms with Gasteiger partial charge in [0.1, 0.15) is 0 Å². The first-order valence-electron chi connectivity index (χ1n) is 8.74. The van der Waals surface area contributed by atoms with Gasteiger partial charge < -0.3 is 19.5 Å². The van der Waals surface area contributed by atoms with Crippen molar-refractivity contribution in [3.05, 3.63) is 65.2 Å². The van der Waals surface area contributed by atoms with Crippen LogP contribution >= 0.6 is 0 Å². The Morgan fingerprint density at radius 2 is 1.45 bits per heavy atom. The Hall–Kier alpha value is -3.68. The van der Waals surface area contributed by atoms with E-state index in [0.717, 1.165) is 5.56 Å². The summed E-state index contributed by atoms with van der Waals surface area (Å²) in [4.78, 5) is 47.4. The lowest BCUT2D eigenvalue weighted by molar-refractivity contribution is -0.147. The van der Waals surface area contributed by atoms with Crippen LogP contribution < -0.4 is 5.32 Å². The largest absolute Gasteiger partial charge is 0.465 e. The van der Waals surface area contributed by atoms with Gasteiger partial charge in [-0.3, -0.25) is 9.59 Å². The number of aryl methyl sites for hydroxylation is 1. The Balaban J connectivity index is 1.94. The van der Waals surface area contributed by atoms with Crippen LogP contribution in [0.2, 0.25) is 0 Å². The molecule has 0 saturated heterocycles. The SMILES string of the molecule is COC(=O)c1cc(NC(=O)COC(=O)CCc2ccccc2)cc(C(=O)OC)c1. The van der Waals surface area contributed by atoms with Crippen LogP contribution in [0.15, 0.2) is 48.5 Å². The van der Waals surface area contributed by atoms with Gasteiger partial charge in [0.15, 0.2) is 6.61 Å². The molecule has 1 N–H and O–H groups in total. The number of benzene rings is 2. The fourth-order valence-electron chi connectivity index (χ4n) is 2.48. The van der Waals surface area contributed by atoms with Gasteiger partial charge in [-0.1, -0.05) is 30.3 Å². The van der Waals surface area contributed by atoms with Crippen LogP contribution in [0.3, 0.4) is 0 Å². The molecule has 0 atom stereocenters. The normalized spacial score (nSPS) is 10.0. The molecule has 0 heterocycles. The molecule has 8 heteroatoms. The van der Waals surface area contributed by atoms with Crippen LogP contribution in [0.25, 0.3) is 0 Å². The van der Waals surface area contributed by atoms with Gasteiger partial charge in [-0.05, 0) is 30.2 Å². The molecule has 1 amide bonds. The second-order valence-corrected chi connectivity index (χ2v) is 5.98. The lowest BCUT2D eigenvalue weighted by Gasteiger charge is -2.10. The minimum atomic E-state index is -0.682. The molecule has 0 radical (unpaired) electrons. The Bertz CT molecular complexity index is 859. The fraction of sp³-hybridized carbons (Fsp3) is 0.238. The number of carbonyl (C=O) groups is 4. The first kappa shape index (κ1) is 21.6. The predicted octanol–water partition coefficient (Wildman–Crippen LogP) is 2.37. The van der Waals surface area contributed by atoms with E-state index < -0.39 is 30.4 Å². The van der Waals surface area contributed by atoms with Crippen molar-refractivity contribution in [1.29, 1.82) is 0 Å². The number of esters is 3. The molecule has 0 unspecified atom stereocenters. The molecule has 0 aliphatic carbocycles. The van der Waals surface area contributed by atoms with E-state index in [0.29, 0.717) is 6.42 Å². The van der Waals surface area contributed by atoms with E-state index in [1.165, 1.54) is 32.4 Å². The zero-order valence-electron chi connectivity index (χ0n) is 16.1. The molecule has 0 saturated carbocycles. The molecule has 0 aliphatic rings. The number of ether oxygens (including phenoxy) is 3. The van der Waals surface area contributed by atoms with Crippen LogP contribution in [0.1, 0.15) is 32.7 Å². The Morgan fingerprint density at radius 1 is 0.862 bits per heavy atom. The van der Waals surface area contributed by atoms with E-state index in [9.17, 15) is 19.2 Å². The van der Waals surface area contributed by atoms with Crippen LogP contribution in [-0.4, -0.2) is 44.6 Å². The minimum Gasteiger partial charge on any atom is -0.465 e. The predicted molar refractivity (Wildman–Crippen MR) is 103 cm³/mol. The van der Waals surface area contributed by atoms with Crippen molar-refractivity contribution < 1.29 is 33.4 Å². The molecule has 2 aromatic carbocycles. The van der Waals surface area contributed by atoms with Crippen molar-refractivity contribution >= 4 is 29.5 Å². The Labute approximate surface area is 167 Å². The third kappa shape index (κ3) is 6.76. The summed E-state index contributed by atoms with van der Waals surface area (Å²) in [7, 11) is 2.39. The number of anilines is 1. The van der Waals surface area contributed by atoms with Gasteiger partial charge in [-0.15, -0.1) is 0 Å². The third-order valence-electron chi connectivity index (χ3n) is 3.88. The maximum atomic E-state index is 12.1. The van der Waals surface area contributed by atoms with E-state index in [1.807, 2.05) is 30.3 Å². The topological polar surface area (TPSA) is 108 Å². The fourth-order valence-corrected chi connectivity index (χ4v) is 2.48. The van der Waals surface area contributed by atoms with Crippen LogP contribution in [-0.2, 0) is 30.2 Å². The lowest BCUT2D eigenvalue weighted by atomic mass is 10.1. The molecule has 0 fully saturated rings. The first-order chi connectivity index (χ1) is 13.9. The molecule has 152 valence electrons. The number of hydrogen-bond acceptors (Lipinski definition) is 7. The molecule has 0 aliphatic heterocycles. The molecule has 0 bridgehead atoms. The summed E-state index contributed by atoms with van der Waals surface area (Å²) in [6.45, 7) is -0.496. The summed E-state index contributed by atoms with van der Waals surface area (Å²) >= 11 is 0. The van der Waals surface area contributed by atoms with Gasteiger partial charge in [0.05, 0.1) is 25.3 Å². The van der Waals surface area contributed by atoms with E-state index in [1.54, 1.807) is 0 Å². The van der Waals surface area contributed by atoms with Crippen LogP contribution in [0, 0.1) is 0 Å². The molecular weight excluding hydrogens is 378 g/mol. The molecule has 29 heavy (non-hydrogen) atoms.